The van der Waals surface area contributed by atoms with Gasteiger partial charge >= 0.3 is 0 Å². The van der Waals surface area contributed by atoms with Gasteiger partial charge in [-0.1, -0.05) is 54.1 Å². The van der Waals surface area contributed by atoms with E-state index in [2.05, 4.69) is 30.4 Å². The van der Waals surface area contributed by atoms with Crippen molar-refractivity contribution in [2.45, 2.75) is 25.3 Å². The van der Waals surface area contributed by atoms with Gasteiger partial charge in [0.2, 0.25) is 5.91 Å². The maximum atomic E-state index is 13.6. The summed E-state index contributed by atoms with van der Waals surface area (Å²) in [6.45, 7) is 3.46. The number of amides is 2. The molecule has 1 aromatic heterocycles. The van der Waals surface area contributed by atoms with Crippen LogP contribution in [0.25, 0.3) is 0 Å². The summed E-state index contributed by atoms with van der Waals surface area (Å²) >= 11 is 1.57. The molecule has 1 aliphatic rings. The highest BCUT2D eigenvalue weighted by atomic mass is 32.1. The molecule has 32 heavy (non-hydrogen) atoms. The van der Waals surface area contributed by atoms with E-state index in [1.165, 1.54) is 11.1 Å². The third kappa shape index (κ3) is 4.61. The maximum Gasteiger partial charge on any atom is 0.254 e. The monoisotopic (exact) mass is 448 g/mol. The SMILES string of the molecule is COCCN1C(=O)c2ccccc2[C@H](C(=O)NCCc2cccc(C)c2)[C@@H]1c1cccs1. The number of nitrogens with one attached hydrogen (secondary N) is 1. The average Bonchev–Trinajstić information content (AvgIpc) is 3.33. The number of carbonyl (C=O) groups is 2. The molecule has 166 valence electrons. The molecule has 0 bridgehead atoms. The molecule has 0 spiro atoms. The highest BCUT2D eigenvalue weighted by molar-refractivity contribution is 7.10. The first kappa shape index (κ1) is 22.2. The number of ether oxygens (including phenoxy) is 1. The number of carbonyl (C=O) groups excluding carboxylic acids is 2. The molecule has 3 aromatic rings. The molecule has 2 atom stereocenters. The maximum absolute atomic E-state index is 13.6. The Hall–Kier alpha value is -2.96. The van der Waals surface area contributed by atoms with E-state index >= 15 is 0 Å². The Morgan fingerprint density at radius 3 is 2.72 bits per heavy atom. The quantitative estimate of drug-likeness (QED) is 0.558. The van der Waals surface area contributed by atoms with Crippen LogP contribution in [-0.2, 0) is 16.0 Å². The van der Waals surface area contributed by atoms with Gasteiger partial charge in [0.15, 0.2) is 0 Å². The molecule has 4 rings (SSSR count). The fraction of sp³-hybridized carbons (Fsp3) is 0.308. The van der Waals surface area contributed by atoms with E-state index in [9.17, 15) is 9.59 Å². The Morgan fingerprint density at radius 1 is 1.12 bits per heavy atom. The molecule has 0 fully saturated rings. The second-order valence-corrected chi connectivity index (χ2v) is 9.03. The Morgan fingerprint density at radius 2 is 1.97 bits per heavy atom. The summed E-state index contributed by atoms with van der Waals surface area (Å²) in [6.07, 6.45) is 0.762. The summed E-state index contributed by atoms with van der Waals surface area (Å²) in [7, 11) is 1.62. The summed E-state index contributed by atoms with van der Waals surface area (Å²) in [6, 6.07) is 19.4. The highest BCUT2D eigenvalue weighted by Gasteiger charge is 2.44. The van der Waals surface area contributed by atoms with Crippen molar-refractivity contribution in [1.29, 1.82) is 0 Å². The number of nitrogens with zero attached hydrogens (tertiary/aromatic N) is 1. The summed E-state index contributed by atoms with van der Waals surface area (Å²) < 4.78 is 5.27. The lowest BCUT2D eigenvalue weighted by atomic mass is 9.81. The molecule has 0 saturated carbocycles. The van der Waals surface area contributed by atoms with Crippen molar-refractivity contribution in [3.63, 3.8) is 0 Å². The second kappa shape index (κ2) is 10.1. The van der Waals surface area contributed by atoms with Crippen LogP contribution < -0.4 is 5.32 Å². The summed E-state index contributed by atoms with van der Waals surface area (Å²) in [4.78, 5) is 29.7. The minimum atomic E-state index is -0.475. The van der Waals surface area contributed by atoms with Crippen molar-refractivity contribution in [1.82, 2.24) is 10.2 Å². The standard InChI is InChI=1S/C26H28N2O3S/c1-18-7-5-8-19(17-18)12-13-27-25(29)23-20-9-3-4-10-21(20)26(30)28(14-15-31-2)24(23)22-11-6-16-32-22/h3-11,16-17,23-24H,12-15H2,1-2H3,(H,27,29)/t23-,24-/m0/s1. The molecule has 5 nitrogen and oxygen atoms in total. The fourth-order valence-electron chi connectivity index (χ4n) is 4.39. The van der Waals surface area contributed by atoms with Gasteiger partial charge in [0, 0.05) is 30.6 Å². The first-order chi connectivity index (χ1) is 15.6. The molecule has 1 aliphatic heterocycles. The third-order valence-corrected chi connectivity index (χ3v) is 6.83. The molecule has 2 heterocycles. The topological polar surface area (TPSA) is 58.6 Å². The van der Waals surface area contributed by atoms with Gasteiger partial charge in [0.05, 0.1) is 18.6 Å². The molecule has 2 amide bonds. The lowest BCUT2D eigenvalue weighted by molar-refractivity contribution is -0.124. The Labute approximate surface area is 193 Å². The molecule has 1 N–H and O–H groups in total. The number of thiophene rings is 1. The normalized spacial score (nSPS) is 17.8. The highest BCUT2D eigenvalue weighted by Crippen LogP contribution is 2.44. The number of methoxy groups -OCH3 is 1. The minimum absolute atomic E-state index is 0.0557. The van der Waals surface area contributed by atoms with Crippen LogP contribution in [0.3, 0.4) is 0 Å². The van der Waals surface area contributed by atoms with Crippen molar-refractivity contribution in [2.24, 2.45) is 0 Å². The van der Waals surface area contributed by atoms with Gasteiger partial charge in [-0.25, -0.2) is 0 Å². The van der Waals surface area contributed by atoms with E-state index in [0.29, 0.717) is 25.3 Å². The number of hydrogen-bond donors (Lipinski definition) is 1. The largest absolute Gasteiger partial charge is 0.383 e. The van der Waals surface area contributed by atoms with Crippen LogP contribution in [0.2, 0.25) is 0 Å². The summed E-state index contributed by atoms with van der Waals surface area (Å²) in [5, 5.41) is 5.13. The van der Waals surface area contributed by atoms with Crippen LogP contribution in [0.5, 0.6) is 0 Å². The Bertz CT molecular complexity index is 1080. The minimum Gasteiger partial charge on any atom is -0.383 e. The number of fused-ring (bicyclic) bond motifs is 1. The van der Waals surface area contributed by atoms with Crippen LogP contribution in [0.1, 0.15) is 43.9 Å². The number of hydrogen-bond acceptors (Lipinski definition) is 4. The predicted octanol–water partition coefficient (Wildman–Crippen LogP) is 4.34. The number of benzene rings is 2. The van der Waals surface area contributed by atoms with Crippen molar-refractivity contribution < 1.29 is 14.3 Å². The fourth-order valence-corrected chi connectivity index (χ4v) is 5.27. The van der Waals surface area contributed by atoms with Crippen molar-refractivity contribution in [3.8, 4) is 0 Å². The zero-order chi connectivity index (χ0) is 22.5. The first-order valence-corrected chi connectivity index (χ1v) is 11.7. The summed E-state index contributed by atoms with van der Waals surface area (Å²) in [5.74, 6) is -0.588. The van der Waals surface area contributed by atoms with Crippen LogP contribution in [0.4, 0.5) is 0 Å². The van der Waals surface area contributed by atoms with E-state index in [4.69, 9.17) is 4.74 Å². The molecule has 0 aliphatic carbocycles. The molecular formula is C26H28N2O3S. The molecular weight excluding hydrogens is 420 g/mol. The lowest BCUT2D eigenvalue weighted by Gasteiger charge is -2.41. The van der Waals surface area contributed by atoms with Crippen molar-refractivity contribution in [2.75, 3.05) is 26.8 Å². The molecule has 6 heteroatoms. The van der Waals surface area contributed by atoms with Crippen LogP contribution >= 0.6 is 11.3 Å². The predicted molar refractivity (Wildman–Crippen MR) is 127 cm³/mol. The molecule has 0 radical (unpaired) electrons. The van der Waals surface area contributed by atoms with E-state index in [-0.39, 0.29) is 17.9 Å². The van der Waals surface area contributed by atoms with Gasteiger partial charge in [-0.05, 0) is 42.0 Å². The number of rotatable bonds is 8. The lowest BCUT2D eigenvalue weighted by Crippen LogP contribution is -2.48. The first-order valence-electron chi connectivity index (χ1n) is 10.9. The van der Waals surface area contributed by atoms with Gasteiger partial charge in [0.1, 0.15) is 0 Å². The van der Waals surface area contributed by atoms with Crippen molar-refractivity contribution in [3.05, 3.63) is 93.2 Å². The van der Waals surface area contributed by atoms with E-state index < -0.39 is 5.92 Å². The van der Waals surface area contributed by atoms with E-state index in [1.807, 2.05) is 47.8 Å². The summed E-state index contributed by atoms with van der Waals surface area (Å²) in [5.41, 5.74) is 3.79. The zero-order valence-corrected chi connectivity index (χ0v) is 19.2. The molecule has 0 unspecified atom stereocenters. The third-order valence-electron chi connectivity index (χ3n) is 5.89. The van der Waals surface area contributed by atoms with Crippen LogP contribution in [0, 0.1) is 6.92 Å². The van der Waals surface area contributed by atoms with Crippen LogP contribution in [0.15, 0.2) is 66.0 Å². The average molecular weight is 449 g/mol. The van der Waals surface area contributed by atoms with Crippen LogP contribution in [-0.4, -0.2) is 43.5 Å². The van der Waals surface area contributed by atoms with Crippen molar-refractivity contribution >= 4 is 23.2 Å². The second-order valence-electron chi connectivity index (χ2n) is 8.05. The smallest absolute Gasteiger partial charge is 0.254 e. The Balaban J connectivity index is 1.63. The molecule has 0 saturated heterocycles. The zero-order valence-electron chi connectivity index (χ0n) is 18.4. The van der Waals surface area contributed by atoms with Gasteiger partial charge in [-0.3, -0.25) is 9.59 Å². The number of aryl methyl sites for hydroxylation is 1. The van der Waals surface area contributed by atoms with E-state index in [0.717, 1.165) is 16.9 Å². The van der Waals surface area contributed by atoms with Gasteiger partial charge in [-0.2, -0.15) is 0 Å². The molecule has 2 aromatic carbocycles. The van der Waals surface area contributed by atoms with Gasteiger partial charge in [-0.15, -0.1) is 11.3 Å². The van der Waals surface area contributed by atoms with Gasteiger partial charge < -0.3 is 15.0 Å². The van der Waals surface area contributed by atoms with E-state index in [1.54, 1.807) is 23.3 Å². The van der Waals surface area contributed by atoms with Gasteiger partial charge in [0.25, 0.3) is 5.91 Å². The Kier molecular flexibility index (Phi) is 7.02.